The van der Waals surface area contributed by atoms with Crippen LogP contribution in [0.2, 0.25) is 5.02 Å². The molecule has 0 aliphatic carbocycles. The van der Waals surface area contributed by atoms with Gasteiger partial charge in [-0.25, -0.2) is 4.39 Å². The Hall–Kier alpha value is -1.59. The molecule has 0 unspecified atom stereocenters. The number of carbonyl (C=O) groups excluding carboxylic acids is 1. The molecule has 1 amide bonds. The molecule has 3 nitrogen and oxygen atoms in total. The molecule has 0 fully saturated rings. The Morgan fingerprint density at radius 3 is 2.86 bits per heavy atom. The molecule has 21 heavy (non-hydrogen) atoms. The Morgan fingerprint density at radius 2 is 2.10 bits per heavy atom. The molecular weight excluding hydrogens is 361 g/mol. The standard InChI is InChI=1S/C15H10BrClFNO2/c16-10-2-1-9(12(18)5-10)7-19-13-6-11(17)3-4-14(13)21-8-15(19)20/h1-6H,7-8H2. The molecule has 2 aromatic carbocycles. The lowest BCUT2D eigenvalue weighted by Crippen LogP contribution is -2.38. The third-order valence-electron chi connectivity index (χ3n) is 3.21. The van der Waals surface area contributed by atoms with E-state index in [1.165, 1.54) is 11.0 Å². The summed E-state index contributed by atoms with van der Waals surface area (Å²) < 4.78 is 20.0. The normalized spacial score (nSPS) is 13.9. The summed E-state index contributed by atoms with van der Waals surface area (Å²) in [6.07, 6.45) is 0. The number of nitrogens with zero attached hydrogens (tertiary/aromatic N) is 1. The van der Waals surface area contributed by atoms with Crippen molar-refractivity contribution in [2.75, 3.05) is 11.5 Å². The van der Waals surface area contributed by atoms with E-state index in [0.717, 1.165) is 0 Å². The summed E-state index contributed by atoms with van der Waals surface area (Å²) in [7, 11) is 0. The maximum absolute atomic E-state index is 14.0. The first-order chi connectivity index (χ1) is 10.0. The van der Waals surface area contributed by atoms with Crippen molar-refractivity contribution in [3.05, 3.63) is 57.3 Å². The number of hydrogen-bond donors (Lipinski definition) is 0. The van der Waals surface area contributed by atoms with Crippen LogP contribution >= 0.6 is 27.5 Å². The average Bonchev–Trinajstić information content (AvgIpc) is 2.44. The van der Waals surface area contributed by atoms with Crippen LogP contribution in [0.25, 0.3) is 0 Å². The van der Waals surface area contributed by atoms with Crippen molar-refractivity contribution in [1.29, 1.82) is 0 Å². The number of carbonyl (C=O) groups is 1. The number of rotatable bonds is 2. The molecule has 0 saturated heterocycles. The van der Waals surface area contributed by atoms with Crippen LogP contribution in [-0.2, 0) is 11.3 Å². The SMILES string of the molecule is O=C1COc2ccc(Cl)cc2N1Cc1ccc(Br)cc1F. The van der Waals surface area contributed by atoms with Crippen LogP contribution in [-0.4, -0.2) is 12.5 Å². The van der Waals surface area contributed by atoms with E-state index in [2.05, 4.69) is 15.9 Å². The molecule has 1 aliphatic heterocycles. The summed E-state index contributed by atoms with van der Waals surface area (Å²) in [4.78, 5) is 13.6. The van der Waals surface area contributed by atoms with Crippen molar-refractivity contribution in [2.45, 2.75) is 6.54 Å². The summed E-state index contributed by atoms with van der Waals surface area (Å²) in [5, 5.41) is 0.494. The van der Waals surface area contributed by atoms with Crippen molar-refractivity contribution >= 4 is 39.1 Å². The van der Waals surface area contributed by atoms with E-state index in [0.29, 0.717) is 26.5 Å². The highest BCUT2D eigenvalue weighted by atomic mass is 79.9. The predicted molar refractivity (Wildman–Crippen MR) is 82.2 cm³/mol. The highest BCUT2D eigenvalue weighted by Gasteiger charge is 2.26. The molecule has 0 atom stereocenters. The van der Waals surface area contributed by atoms with E-state index in [4.69, 9.17) is 16.3 Å². The van der Waals surface area contributed by atoms with Crippen molar-refractivity contribution in [3.63, 3.8) is 0 Å². The van der Waals surface area contributed by atoms with Crippen LogP contribution in [0.4, 0.5) is 10.1 Å². The monoisotopic (exact) mass is 369 g/mol. The first-order valence-electron chi connectivity index (χ1n) is 6.21. The molecule has 108 valence electrons. The minimum Gasteiger partial charge on any atom is -0.482 e. The molecule has 0 aromatic heterocycles. The molecule has 1 heterocycles. The fraction of sp³-hybridized carbons (Fsp3) is 0.133. The van der Waals surface area contributed by atoms with Gasteiger partial charge in [-0.2, -0.15) is 0 Å². The van der Waals surface area contributed by atoms with Gasteiger partial charge in [-0.05, 0) is 30.3 Å². The van der Waals surface area contributed by atoms with E-state index in [1.54, 1.807) is 30.3 Å². The van der Waals surface area contributed by atoms with Crippen LogP contribution in [0.3, 0.4) is 0 Å². The second kappa shape index (κ2) is 5.66. The van der Waals surface area contributed by atoms with Gasteiger partial charge in [-0.3, -0.25) is 4.79 Å². The zero-order chi connectivity index (χ0) is 15.0. The van der Waals surface area contributed by atoms with E-state index in [-0.39, 0.29) is 24.9 Å². The number of amides is 1. The van der Waals surface area contributed by atoms with Gasteiger partial charge in [0.15, 0.2) is 6.61 Å². The highest BCUT2D eigenvalue weighted by Crippen LogP contribution is 2.35. The lowest BCUT2D eigenvalue weighted by Gasteiger charge is -2.29. The number of anilines is 1. The Kier molecular flexibility index (Phi) is 3.87. The molecule has 0 bridgehead atoms. The van der Waals surface area contributed by atoms with Gasteiger partial charge in [0.1, 0.15) is 11.6 Å². The van der Waals surface area contributed by atoms with Crippen molar-refractivity contribution in [1.82, 2.24) is 0 Å². The van der Waals surface area contributed by atoms with E-state index in [9.17, 15) is 9.18 Å². The van der Waals surface area contributed by atoms with Gasteiger partial charge in [0.25, 0.3) is 5.91 Å². The van der Waals surface area contributed by atoms with Gasteiger partial charge >= 0.3 is 0 Å². The second-order valence-corrected chi connectivity index (χ2v) is 5.97. The Balaban J connectivity index is 1.98. The number of hydrogen-bond acceptors (Lipinski definition) is 2. The summed E-state index contributed by atoms with van der Waals surface area (Å²) in [6.45, 7) is 0.0709. The van der Waals surface area contributed by atoms with Crippen LogP contribution in [0.5, 0.6) is 5.75 Å². The Bertz CT molecular complexity index is 723. The summed E-state index contributed by atoms with van der Waals surface area (Å²) in [5.74, 6) is -0.0316. The van der Waals surface area contributed by atoms with E-state index in [1.807, 2.05) is 0 Å². The highest BCUT2D eigenvalue weighted by molar-refractivity contribution is 9.10. The van der Waals surface area contributed by atoms with Crippen LogP contribution in [0.1, 0.15) is 5.56 Å². The van der Waals surface area contributed by atoms with Crippen molar-refractivity contribution in [3.8, 4) is 5.75 Å². The molecular formula is C15H10BrClFNO2. The van der Waals surface area contributed by atoms with Gasteiger partial charge in [0.05, 0.1) is 12.2 Å². The lowest BCUT2D eigenvalue weighted by molar-refractivity contribution is -0.121. The minimum absolute atomic E-state index is 0.0627. The third kappa shape index (κ3) is 2.89. The van der Waals surface area contributed by atoms with Crippen LogP contribution < -0.4 is 9.64 Å². The molecule has 0 radical (unpaired) electrons. The van der Waals surface area contributed by atoms with Gasteiger partial charge in [0.2, 0.25) is 0 Å². The molecule has 0 saturated carbocycles. The average molecular weight is 371 g/mol. The van der Waals surface area contributed by atoms with Crippen molar-refractivity contribution < 1.29 is 13.9 Å². The summed E-state index contributed by atoms with van der Waals surface area (Å²) >= 11 is 9.18. The zero-order valence-corrected chi connectivity index (χ0v) is 13.1. The van der Waals surface area contributed by atoms with Gasteiger partial charge in [0, 0.05) is 15.1 Å². The summed E-state index contributed by atoms with van der Waals surface area (Å²) in [5.41, 5.74) is 0.987. The third-order valence-corrected chi connectivity index (χ3v) is 3.94. The Morgan fingerprint density at radius 1 is 1.29 bits per heavy atom. The van der Waals surface area contributed by atoms with Crippen LogP contribution in [0.15, 0.2) is 40.9 Å². The quantitative estimate of drug-likeness (QED) is 0.794. The van der Waals surface area contributed by atoms with Gasteiger partial charge in [-0.15, -0.1) is 0 Å². The smallest absolute Gasteiger partial charge is 0.265 e. The maximum Gasteiger partial charge on any atom is 0.265 e. The maximum atomic E-state index is 14.0. The fourth-order valence-corrected chi connectivity index (χ4v) is 2.67. The van der Waals surface area contributed by atoms with E-state index >= 15 is 0 Å². The molecule has 2 aromatic rings. The minimum atomic E-state index is -0.368. The number of ether oxygens (including phenoxy) is 1. The molecule has 0 spiro atoms. The zero-order valence-electron chi connectivity index (χ0n) is 10.8. The van der Waals surface area contributed by atoms with Gasteiger partial charge in [-0.1, -0.05) is 33.6 Å². The first-order valence-corrected chi connectivity index (χ1v) is 7.38. The second-order valence-electron chi connectivity index (χ2n) is 4.62. The fourth-order valence-electron chi connectivity index (χ4n) is 2.17. The van der Waals surface area contributed by atoms with Crippen molar-refractivity contribution in [2.24, 2.45) is 0 Å². The van der Waals surface area contributed by atoms with E-state index < -0.39 is 0 Å². The van der Waals surface area contributed by atoms with Gasteiger partial charge < -0.3 is 9.64 Å². The number of fused-ring (bicyclic) bond motifs is 1. The largest absolute Gasteiger partial charge is 0.482 e. The lowest BCUT2D eigenvalue weighted by atomic mass is 10.1. The molecule has 3 rings (SSSR count). The predicted octanol–water partition coefficient (Wildman–Crippen LogP) is 4.17. The topological polar surface area (TPSA) is 29.5 Å². The van der Waals surface area contributed by atoms with Crippen LogP contribution in [0, 0.1) is 5.82 Å². The first kappa shape index (κ1) is 14.4. The molecule has 0 N–H and O–H groups in total. The number of halogens is 3. The molecule has 6 heteroatoms. The Labute approximate surface area is 134 Å². The number of benzene rings is 2. The summed E-state index contributed by atoms with van der Waals surface area (Å²) in [6, 6.07) is 9.79. The molecule has 1 aliphatic rings.